The van der Waals surface area contributed by atoms with E-state index in [1.807, 2.05) is 36.4 Å². The van der Waals surface area contributed by atoms with Crippen molar-refractivity contribution in [1.82, 2.24) is 20.2 Å². The van der Waals surface area contributed by atoms with Gasteiger partial charge in [0.2, 0.25) is 0 Å². The monoisotopic (exact) mass is 355 g/mol. The minimum absolute atomic E-state index is 0.226. The number of tetrazole rings is 1. The zero-order chi connectivity index (χ0) is 16.5. The summed E-state index contributed by atoms with van der Waals surface area (Å²) < 4.78 is 2.52. The molecule has 4 rings (SSSR count). The molecule has 6 nitrogen and oxygen atoms in total. The number of hydrogen-bond acceptors (Lipinski definition) is 5. The maximum atomic E-state index is 12.5. The predicted octanol–water partition coefficient (Wildman–Crippen LogP) is 3.78. The summed E-state index contributed by atoms with van der Waals surface area (Å²) in [5.74, 6) is -0.226. The van der Waals surface area contributed by atoms with Gasteiger partial charge in [-0.3, -0.25) is 4.79 Å². The summed E-state index contributed by atoms with van der Waals surface area (Å²) in [4.78, 5) is 13.0. The Morgan fingerprint density at radius 2 is 1.92 bits per heavy atom. The smallest absolute Gasteiger partial charge is 0.267 e. The molecule has 118 valence electrons. The normalized spacial score (nSPS) is 10.9. The number of thiophene rings is 1. The van der Waals surface area contributed by atoms with Crippen LogP contribution in [-0.4, -0.2) is 26.1 Å². The van der Waals surface area contributed by atoms with Gasteiger partial charge in [-0.1, -0.05) is 29.8 Å². The Hall–Kier alpha value is -2.77. The third kappa shape index (κ3) is 2.64. The number of benzene rings is 2. The van der Waals surface area contributed by atoms with Crippen molar-refractivity contribution in [2.45, 2.75) is 0 Å². The van der Waals surface area contributed by atoms with Crippen LogP contribution in [0.5, 0.6) is 0 Å². The zero-order valence-electron chi connectivity index (χ0n) is 12.2. The number of rotatable bonds is 3. The number of hydrogen-bond donors (Lipinski definition) is 1. The molecule has 2 heterocycles. The van der Waals surface area contributed by atoms with Crippen molar-refractivity contribution in [3.05, 3.63) is 64.8 Å². The number of nitrogens with one attached hydrogen (secondary N) is 1. The second kappa shape index (κ2) is 6.03. The molecule has 0 unspecified atom stereocenters. The fraction of sp³-hybridized carbons (Fsp3) is 0. The lowest BCUT2D eigenvalue weighted by Crippen LogP contribution is -2.10. The number of anilines is 1. The minimum Gasteiger partial charge on any atom is -0.321 e. The van der Waals surface area contributed by atoms with Crippen LogP contribution >= 0.6 is 22.9 Å². The number of halogens is 1. The molecule has 0 aliphatic heterocycles. The molecule has 8 heteroatoms. The van der Waals surface area contributed by atoms with E-state index in [0.717, 1.165) is 15.8 Å². The number of amides is 1. The summed E-state index contributed by atoms with van der Waals surface area (Å²) in [7, 11) is 0. The van der Waals surface area contributed by atoms with Gasteiger partial charge < -0.3 is 5.32 Å². The summed E-state index contributed by atoms with van der Waals surface area (Å²) in [5.41, 5.74) is 1.48. The summed E-state index contributed by atoms with van der Waals surface area (Å²) in [5, 5.41) is 15.2. The van der Waals surface area contributed by atoms with Gasteiger partial charge in [-0.05, 0) is 40.8 Å². The Kier molecular flexibility index (Phi) is 3.72. The first kappa shape index (κ1) is 14.8. The molecule has 0 spiro atoms. The van der Waals surface area contributed by atoms with Crippen molar-refractivity contribution >= 4 is 44.6 Å². The van der Waals surface area contributed by atoms with E-state index in [9.17, 15) is 4.79 Å². The van der Waals surface area contributed by atoms with Crippen molar-refractivity contribution < 1.29 is 4.79 Å². The number of nitrogens with zero attached hydrogens (tertiary/aromatic N) is 4. The highest BCUT2D eigenvalue weighted by atomic mass is 35.5. The number of carbonyl (C=O) groups is 1. The van der Waals surface area contributed by atoms with Crippen molar-refractivity contribution in [1.29, 1.82) is 0 Å². The molecule has 1 N–H and O–H groups in total. The molecule has 1 amide bonds. The Labute approximate surface area is 145 Å². The Morgan fingerprint density at radius 1 is 1.12 bits per heavy atom. The molecule has 24 heavy (non-hydrogen) atoms. The van der Waals surface area contributed by atoms with Gasteiger partial charge in [-0.2, -0.15) is 0 Å². The summed E-state index contributed by atoms with van der Waals surface area (Å²) in [6.07, 6.45) is 1.50. The van der Waals surface area contributed by atoms with Crippen LogP contribution in [0.25, 0.3) is 15.8 Å². The van der Waals surface area contributed by atoms with E-state index in [-0.39, 0.29) is 5.91 Å². The molecule has 0 bridgehead atoms. The summed E-state index contributed by atoms with van der Waals surface area (Å²) in [6, 6.07) is 14.9. The van der Waals surface area contributed by atoms with Gasteiger partial charge >= 0.3 is 0 Å². The fourth-order valence-electron chi connectivity index (χ4n) is 2.33. The summed E-state index contributed by atoms with van der Waals surface area (Å²) in [6.45, 7) is 0. The maximum Gasteiger partial charge on any atom is 0.267 e. The second-order valence-electron chi connectivity index (χ2n) is 5.00. The minimum atomic E-state index is -0.226. The molecule has 0 saturated heterocycles. The molecule has 2 aromatic heterocycles. The molecule has 0 saturated carbocycles. The standard InChI is InChI=1S/C16H10ClN5OS/c17-14-12-3-1-2-4-13(12)24-15(14)16(23)19-10-5-7-11(8-6-10)22-9-18-20-21-22/h1-9H,(H,19,23). The fourth-order valence-corrected chi connectivity index (χ4v) is 3.74. The lowest BCUT2D eigenvalue weighted by molar-refractivity contribution is 0.103. The maximum absolute atomic E-state index is 12.5. The van der Waals surface area contributed by atoms with Gasteiger partial charge in [-0.15, -0.1) is 16.4 Å². The van der Waals surface area contributed by atoms with Crippen LogP contribution < -0.4 is 5.32 Å². The SMILES string of the molecule is O=C(Nc1ccc(-n2cnnn2)cc1)c1sc2ccccc2c1Cl. The zero-order valence-corrected chi connectivity index (χ0v) is 13.8. The Bertz CT molecular complexity index is 1010. The van der Waals surface area contributed by atoms with Crippen LogP contribution in [0.4, 0.5) is 5.69 Å². The van der Waals surface area contributed by atoms with Crippen molar-refractivity contribution in [2.75, 3.05) is 5.32 Å². The van der Waals surface area contributed by atoms with E-state index in [0.29, 0.717) is 15.6 Å². The van der Waals surface area contributed by atoms with Crippen LogP contribution in [-0.2, 0) is 0 Å². The van der Waals surface area contributed by atoms with E-state index in [4.69, 9.17) is 11.6 Å². The van der Waals surface area contributed by atoms with E-state index >= 15 is 0 Å². The predicted molar refractivity (Wildman–Crippen MR) is 93.9 cm³/mol. The highest BCUT2D eigenvalue weighted by molar-refractivity contribution is 7.21. The average Bonchev–Trinajstić information content (AvgIpc) is 3.24. The van der Waals surface area contributed by atoms with Gasteiger partial charge in [-0.25, -0.2) is 4.68 Å². The number of carbonyl (C=O) groups excluding carboxylic acids is 1. The van der Waals surface area contributed by atoms with Gasteiger partial charge in [0.25, 0.3) is 5.91 Å². The summed E-state index contributed by atoms with van der Waals surface area (Å²) >= 11 is 7.71. The largest absolute Gasteiger partial charge is 0.321 e. The first-order valence-electron chi connectivity index (χ1n) is 7.04. The molecule has 0 fully saturated rings. The molecule has 0 radical (unpaired) electrons. The molecule has 0 atom stereocenters. The Balaban J connectivity index is 1.58. The van der Waals surface area contributed by atoms with E-state index in [1.54, 1.807) is 12.1 Å². The van der Waals surface area contributed by atoms with Crippen molar-refractivity contribution in [2.24, 2.45) is 0 Å². The second-order valence-corrected chi connectivity index (χ2v) is 6.43. The quantitative estimate of drug-likeness (QED) is 0.607. The third-order valence-corrected chi connectivity index (χ3v) is 5.15. The van der Waals surface area contributed by atoms with Crippen LogP contribution in [0.2, 0.25) is 5.02 Å². The van der Waals surface area contributed by atoms with Gasteiger partial charge in [0, 0.05) is 15.8 Å². The first-order chi connectivity index (χ1) is 11.7. The van der Waals surface area contributed by atoms with Crippen LogP contribution in [0, 0.1) is 0 Å². The third-order valence-electron chi connectivity index (χ3n) is 3.48. The molecule has 2 aromatic carbocycles. The van der Waals surface area contributed by atoms with Crippen molar-refractivity contribution in [3.63, 3.8) is 0 Å². The highest BCUT2D eigenvalue weighted by Gasteiger charge is 2.17. The van der Waals surface area contributed by atoms with Gasteiger partial charge in [0.15, 0.2) is 0 Å². The lowest BCUT2D eigenvalue weighted by Gasteiger charge is -2.05. The molecule has 4 aromatic rings. The van der Waals surface area contributed by atoms with E-state index < -0.39 is 0 Å². The van der Waals surface area contributed by atoms with Crippen molar-refractivity contribution in [3.8, 4) is 5.69 Å². The van der Waals surface area contributed by atoms with E-state index in [1.165, 1.54) is 22.3 Å². The average molecular weight is 356 g/mol. The van der Waals surface area contributed by atoms with Crippen LogP contribution in [0.3, 0.4) is 0 Å². The molecular weight excluding hydrogens is 346 g/mol. The lowest BCUT2D eigenvalue weighted by atomic mass is 10.2. The topological polar surface area (TPSA) is 72.7 Å². The number of fused-ring (bicyclic) bond motifs is 1. The number of aromatic nitrogens is 4. The molecular formula is C16H10ClN5OS. The highest BCUT2D eigenvalue weighted by Crippen LogP contribution is 2.35. The van der Waals surface area contributed by atoms with E-state index in [2.05, 4.69) is 20.8 Å². The van der Waals surface area contributed by atoms with Gasteiger partial charge in [0.1, 0.15) is 11.2 Å². The Morgan fingerprint density at radius 3 is 2.62 bits per heavy atom. The van der Waals surface area contributed by atoms with Crippen LogP contribution in [0.15, 0.2) is 54.9 Å². The molecule has 0 aliphatic rings. The first-order valence-corrected chi connectivity index (χ1v) is 8.23. The van der Waals surface area contributed by atoms with Crippen LogP contribution in [0.1, 0.15) is 9.67 Å². The van der Waals surface area contributed by atoms with Gasteiger partial charge in [0.05, 0.1) is 10.7 Å². The molecule has 0 aliphatic carbocycles.